The molecule has 6 heteroatoms. The Hall–Kier alpha value is -1.30. The molecule has 2 amide bonds. The molecule has 0 aliphatic carbocycles. The maximum Gasteiger partial charge on any atom is 0.317 e. The average Bonchev–Trinajstić information content (AvgIpc) is 2.25. The van der Waals surface area contributed by atoms with Crippen molar-refractivity contribution < 1.29 is 19.4 Å². The van der Waals surface area contributed by atoms with Gasteiger partial charge in [0.25, 0.3) is 0 Å². The van der Waals surface area contributed by atoms with Gasteiger partial charge in [0.1, 0.15) is 0 Å². The number of carboxylic acids is 1. The van der Waals surface area contributed by atoms with Gasteiger partial charge in [0, 0.05) is 19.0 Å². The fraction of sp³-hybridized carbons (Fsp3) is 0.857. The monoisotopic (exact) mass is 286 g/mol. The number of aliphatic carboxylic acids is 1. The Morgan fingerprint density at radius 1 is 1.50 bits per heavy atom. The topological polar surface area (TPSA) is 78.9 Å². The Morgan fingerprint density at radius 3 is 2.70 bits per heavy atom. The first kappa shape index (κ1) is 16.8. The number of rotatable bonds is 5. The molecule has 1 rings (SSSR count). The number of hydrogen-bond donors (Lipinski definition) is 2. The Kier molecular flexibility index (Phi) is 5.80. The molecule has 0 bridgehead atoms. The van der Waals surface area contributed by atoms with Crippen molar-refractivity contribution in [3.8, 4) is 0 Å². The van der Waals surface area contributed by atoms with E-state index in [0.29, 0.717) is 25.9 Å². The Balaban J connectivity index is 2.39. The van der Waals surface area contributed by atoms with Crippen LogP contribution < -0.4 is 5.32 Å². The maximum atomic E-state index is 12.2. The largest absolute Gasteiger partial charge is 0.481 e. The highest BCUT2D eigenvalue weighted by molar-refractivity contribution is 5.74. The molecule has 116 valence electrons. The summed E-state index contributed by atoms with van der Waals surface area (Å²) in [6.45, 7) is 8.94. The Morgan fingerprint density at radius 2 is 2.15 bits per heavy atom. The van der Waals surface area contributed by atoms with Crippen molar-refractivity contribution in [1.82, 2.24) is 10.2 Å². The van der Waals surface area contributed by atoms with E-state index in [4.69, 9.17) is 9.84 Å². The number of urea groups is 1. The number of nitrogens with one attached hydrogen (secondary N) is 1. The predicted molar refractivity (Wildman–Crippen MR) is 75.7 cm³/mol. The summed E-state index contributed by atoms with van der Waals surface area (Å²) in [6.07, 6.45) is 1.40. The maximum absolute atomic E-state index is 12.2. The number of hydrogen-bond acceptors (Lipinski definition) is 3. The zero-order valence-corrected chi connectivity index (χ0v) is 12.8. The van der Waals surface area contributed by atoms with E-state index < -0.39 is 5.97 Å². The first-order valence-electron chi connectivity index (χ1n) is 7.14. The molecule has 0 aromatic heterocycles. The van der Waals surface area contributed by atoms with Crippen LogP contribution in [-0.2, 0) is 9.53 Å². The Bertz CT molecular complexity index is 357. The number of carboxylic acid groups (broad SMARTS) is 1. The third-order valence-electron chi connectivity index (χ3n) is 3.25. The normalized spacial score (nSPS) is 23.2. The second kappa shape index (κ2) is 6.92. The minimum Gasteiger partial charge on any atom is -0.481 e. The fourth-order valence-corrected chi connectivity index (χ4v) is 2.54. The number of morpholine rings is 1. The lowest BCUT2D eigenvalue weighted by molar-refractivity contribution is -0.137. The van der Waals surface area contributed by atoms with Crippen molar-refractivity contribution >= 4 is 12.0 Å². The van der Waals surface area contributed by atoms with E-state index in [-0.39, 0.29) is 30.2 Å². The molecule has 2 N–H and O–H groups in total. The van der Waals surface area contributed by atoms with Crippen LogP contribution in [0.1, 0.15) is 47.0 Å². The fourth-order valence-electron chi connectivity index (χ4n) is 2.54. The highest BCUT2D eigenvalue weighted by Crippen LogP contribution is 2.20. The minimum atomic E-state index is -0.799. The number of carbonyl (C=O) groups is 2. The van der Waals surface area contributed by atoms with Crippen molar-refractivity contribution in [2.75, 3.05) is 13.1 Å². The molecule has 0 spiro atoms. The lowest BCUT2D eigenvalue weighted by atomic mass is 10.1. The third kappa shape index (κ3) is 5.77. The molecule has 2 unspecified atom stereocenters. The Labute approximate surface area is 120 Å². The van der Waals surface area contributed by atoms with Gasteiger partial charge < -0.3 is 20.1 Å². The molecule has 1 aliphatic heterocycles. The second-order valence-corrected chi connectivity index (χ2v) is 6.21. The molecule has 0 saturated carbocycles. The number of amides is 2. The van der Waals surface area contributed by atoms with Crippen LogP contribution in [0.5, 0.6) is 0 Å². The molecular weight excluding hydrogens is 260 g/mol. The smallest absolute Gasteiger partial charge is 0.317 e. The van der Waals surface area contributed by atoms with Gasteiger partial charge in [-0.2, -0.15) is 0 Å². The van der Waals surface area contributed by atoms with E-state index in [1.54, 1.807) is 4.90 Å². The summed E-state index contributed by atoms with van der Waals surface area (Å²) in [6, 6.07) is -0.126. The highest BCUT2D eigenvalue weighted by atomic mass is 16.5. The van der Waals surface area contributed by atoms with E-state index in [1.807, 2.05) is 27.7 Å². The van der Waals surface area contributed by atoms with E-state index in [1.165, 1.54) is 0 Å². The molecule has 1 fully saturated rings. The van der Waals surface area contributed by atoms with Crippen LogP contribution in [0.3, 0.4) is 0 Å². The van der Waals surface area contributed by atoms with Gasteiger partial charge in [0.05, 0.1) is 18.2 Å². The molecule has 2 atom stereocenters. The molecule has 0 radical (unpaired) electrons. The molecule has 20 heavy (non-hydrogen) atoms. The van der Waals surface area contributed by atoms with Crippen LogP contribution >= 0.6 is 0 Å². The summed E-state index contributed by atoms with van der Waals surface area (Å²) in [7, 11) is 0. The van der Waals surface area contributed by atoms with Gasteiger partial charge in [-0.3, -0.25) is 4.79 Å². The van der Waals surface area contributed by atoms with Gasteiger partial charge in [-0.1, -0.05) is 0 Å². The molecule has 1 saturated heterocycles. The summed E-state index contributed by atoms with van der Waals surface area (Å²) in [5.41, 5.74) is -0.332. The van der Waals surface area contributed by atoms with Crippen LogP contribution in [0.2, 0.25) is 0 Å². The van der Waals surface area contributed by atoms with E-state index in [9.17, 15) is 9.59 Å². The summed E-state index contributed by atoms with van der Waals surface area (Å²) < 4.78 is 5.76. The predicted octanol–water partition coefficient (Wildman–Crippen LogP) is 1.84. The number of carbonyl (C=O) groups excluding carboxylic acids is 1. The highest BCUT2D eigenvalue weighted by Gasteiger charge is 2.33. The minimum absolute atomic E-state index is 0.0202. The lowest BCUT2D eigenvalue weighted by Crippen LogP contribution is -2.57. The molecule has 0 aromatic rings. The van der Waals surface area contributed by atoms with Crippen molar-refractivity contribution in [3.05, 3.63) is 0 Å². The van der Waals surface area contributed by atoms with E-state index in [0.717, 1.165) is 0 Å². The first-order valence-corrected chi connectivity index (χ1v) is 7.14. The van der Waals surface area contributed by atoms with Crippen molar-refractivity contribution in [3.63, 3.8) is 0 Å². The zero-order chi connectivity index (χ0) is 15.3. The zero-order valence-electron chi connectivity index (χ0n) is 12.8. The SMILES string of the molecule is CC(CCCC(=O)O)NC(=O)N1CC(C)OC(C)(C)C1. The van der Waals surface area contributed by atoms with Gasteiger partial charge in [0.2, 0.25) is 0 Å². The molecule has 0 aromatic carbocycles. The van der Waals surface area contributed by atoms with Crippen LogP contribution in [0.25, 0.3) is 0 Å². The van der Waals surface area contributed by atoms with Crippen LogP contribution in [0.4, 0.5) is 4.79 Å². The molecule has 1 heterocycles. The quantitative estimate of drug-likeness (QED) is 0.808. The van der Waals surface area contributed by atoms with Crippen molar-refractivity contribution in [2.24, 2.45) is 0 Å². The van der Waals surface area contributed by atoms with Crippen LogP contribution in [0.15, 0.2) is 0 Å². The van der Waals surface area contributed by atoms with Gasteiger partial charge >= 0.3 is 12.0 Å². The summed E-state index contributed by atoms with van der Waals surface area (Å²) >= 11 is 0. The van der Waals surface area contributed by atoms with Gasteiger partial charge in [-0.25, -0.2) is 4.79 Å². The van der Waals surface area contributed by atoms with E-state index >= 15 is 0 Å². The summed E-state index contributed by atoms with van der Waals surface area (Å²) in [5, 5.41) is 11.5. The van der Waals surface area contributed by atoms with Crippen molar-refractivity contribution in [1.29, 1.82) is 0 Å². The molecule has 1 aliphatic rings. The van der Waals surface area contributed by atoms with Gasteiger partial charge in [-0.05, 0) is 40.5 Å². The number of ether oxygens (including phenoxy) is 1. The molecular formula is C14H26N2O4. The average molecular weight is 286 g/mol. The van der Waals surface area contributed by atoms with Crippen LogP contribution in [-0.4, -0.2) is 52.8 Å². The van der Waals surface area contributed by atoms with E-state index in [2.05, 4.69) is 5.32 Å². The van der Waals surface area contributed by atoms with Gasteiger partial charge in [-0.15, -0.1) is 0 Å². The lowest BCUT2D eigenvalue weighted by Gasteiger charge is -2.41. The van der Waals surface area contributed by atoms with Crippen LogP contribution in [0, 0.1) is 0 Å². The summed E-state index contributed by atoms with van der Waals surface area (Å²) in [5.74, 6) is -0.799. The number of nitrogens with zero attached hydrogens (tertiary/aromatic N) is 1. The van der Waals surface area contributed by atoms with Gasteiger partial charge in [0.15, 0.2) is 0 Å². The standard InChI is InChI=1S/C14H26N2O4/c1-10(6-5-7-12(17)18)15-13(19)16-8-11(2)20-14(3,4)9-16/h10-11H,5-9H2,1-4H3,(H,15,19)(H,17,18). The van der Waals surface area contributed by atoms with Crippen molar-refractivity contribution in [2.45, 2.75) is 64.7 Å². The second-order valence-electron chi connectivity index (χ2n) is 6.21. The molecule has 6 nitrogen and oxygen atoms in total. The first-order chi connectivity index (χ1) is 9.19. The third-order valence-corrected chi connectivity index (χ3v) is 3.25. The summed E-state index contributed by atoms with van der Waals surface area (Å²) in [4.78, 5) is 24.4.